The molecule has 0 fully saturated rings. The first-order chi connectivity index (χ1) is 5.27. The van der Waals surface area contributed by atoms with Crippen LogP contribution in [0.3, 0.4) is 0 Å². The van der Waals surface area contributed by atoms with E-state index in [1.54, 1.807) is 0 Å². The summed E-state index contributed by atoms with van der Waals surface area (Å²) < 4.78 is 3.82. The van der Waals surface area contributed by atoms with E-state index < -0.39 is 0 Å². The molecule has 2 heterocycles. The number of hydrogen-bond acceptors (Lipinski definition) is 2. The van der Waals surface area contributed by atoms with Gasteiger partial charge in [0, 0.05) is 33.3 Å². The van der Waals surface area contributed by atoms with Crippen molar-refractivity contribution < 1.29 is 0 Å². The lowest BCUT2D eigenvalue weighted by Gasteiger charge is -1.92. The number of aromatic nitrogens is 3. The second-order valence-corrected chi connectivity index (χ2v) is 3.92. The molecule has 56 valence electrons. The third kappa shape index (κ3) is 1.26. The van der Waals surface area contributed by atoms with E-state index in [0.29, 0.717) is 0 Å². The van der Waals surface area contributed by atoms with Gasteiger partial charge in [0.05, 0.1) is 0 Å². The zero-order chi connectivity index (χ0) is 7.84. The summed E-state index contributed by atoms with van der Waals surface area (Å²) in [6, 6.07) is 3.88. The molecule has 11 heavy (non-hydrogen) atoms. The summed E-state index contributed by atoms with van der Waals surface area (Å²) >= 11 is 5.50. The van der Waals surface area contributed by atoms with Crippen LogP contribution in [0.4, 0.5) is 0 Å². The molecule has 0 radical (unpaired) electrons. The molecule has 0 aliphatic carbocycles. The van der Waals surface area contributed by atoms with Gasteiger partial charge in [-0.1, -0.05) is 15.9 Å². The molecule has 0 unspecified atom stereocenters. The quantitative estimate of drug-likeness (QED) is 0.695. The highest BCUT2D eigenvalue weighted by atomic mass is 127. The van der Waals surface area contributed by atoms with Crippen LogP contribution in [-0.2, 0) is 0 Å². The van der Waals surface area contributed by atoms with Gasteiger partial charge in [0.1, 0.15) is 0 Å². The zero-order valence-corrected chi connectivity index (χ0v) is 9.07. The number of nitrogens with zero attached hydrogens (tertiary/aromatic N) is 3. The maximum absolute atomic E-state index is 3.95. The van der Waals surface area contributed by atoms with Gasteiger partial charge >= 0.3 is 0 Å². The summed E-state index contributed by atoms with van der Waals surface area (Å²) in [4.78, 5) is 0. The molecule has 0 N–H and O–H groups in total. The summed E-state index contributed by atoms with van der Waals surface area (Å²) in [5.74, 6) is 0. The van der Waals surface area contributed by atoms with Crippen molar-refractivity contribution >= 4 is 44.2 Å². The Morgan fingerprint density at radius 2 is 2.27 bits per heavy atom. The van der Waals surface area contributed by atoms with Crippen LogP contribution >= 0.6 is 38.5 Å². The van der Waals surface area contributed by atoms with E-state index in [9.17, 15) is 0 Å². The van der Waals surface area contributed by atoms with Gasteiger partial charge in [-0.2, -0.15) is 0 Å². The lowest BCUT2D eigenvalue weighted by molar-refractivity contribution is 1.05. The summed E-state index contributed by atoms with van der Waals surface area (Å²) in [5.41, 5.74) is 0.865. The first-order valence-electron chi connectivity index (χ1n) is 2.93. The van der Waals surface area contributed by atoms with E-state index in [2.05, 4.69) is 48.7 Å². The minimum Gasteiger partial charge on any atom is -0.278 e. The van der Waals surface area contributed by atoms with Gasteiger partial charge in [-0.15, -0.1) is 10.2 Å². The van der Waals surface area contributed by atoms with Crippen LogP contribution in [0.2, 0.25) is 0 Å². The van der Waals surface area contributed by atoms with Crippen molar-refractivity contribution in [1.82, 2.24) is 14.6 Å². The molecule has 2 rings (SSSR count). The molecule has 0 aliphatic rings. The molecule has 0 spiro atoms. The number of halogens is 2. The monoisotopic (exact) mass is 323 g/mol. The molecule has 0 aromatic carbocycles. The first-order valence-corrected chi connectivity index (χ1v) is 4.80. The van der Waals surface area contributed by atoms with Crippen molar-refractivity contribution in [3.05, 3.63) is 26.6 Å². The largest absolute Gasteiger partial charge is 0.278 e. The highest BCUT2D eigenvalue weighted by Gasteiger charge is 1.99. The van der Waals surface area contributed by atoms with Crippen molar-refractivity contribution in [3.8, 4) is 0 Å². The predicted octanol–water partition coefficient (Wildman–Crippen LogP) is 2.10. The van der Waals surface area contributed by atoms with Crippen LogP contribution in [0.5, 0.6) is 0 Å². The smallest absolute Gasteiger partial charge is 0.198 e. The average Bonchev–Trinajstić information content (AvgIpc) is 2.32. The normalized spacial score (nSPS) is 10.7. The van der Waals surface area contributed by atoms with E-state index in [4.69, 9.17) is 0 Å². The topological polar surface area (TPSA) is 30.2 Å². The van der Waals surface area contributed by atoms with Gasteiger partial charge < -0.3 is 0 Å². The molecule has 5 heteroatoms. The zero-order valence-electron chi connectivity index (χ0n) is 5.33. The predicted molar refractivity (Wildman–Crippen MR) is 53.4 cm³/mol. The van der Waals surface area contributed by atoms with Crippen LogP contribution in [0, 0.1) is 3.83 Å². The molecule has 2 aromatic rings. The van der Waals surface area contributed by atoms with E-state index >= 15 is 0 Å². The highest BCUT2D eigenvalue weighted by molar-refractivity contribution is 14.1. The molecule has 0 atom stereocenters. The van der Waals surface area contributed by atoms with Gasteiger partial charge in [0.25, 0.3) is 0 Å². The van der Waals surface area contributed by atoms with Crippen molar-refractivity contribution in [2.45, 2.75) is 0 Å². The Morgan fingerprint density at radius 3 is 3.09 bits per heavy atom. The van der Waals surface area contributed by atoms with Gasteiger partial charge in [-0.05, 0) is 12.1 Å². The number of pyridine rings is 1. The number of rotatable bonds is 0. The third-order valence-electron chi connectivity index (χ3n) is 1.33. The van der Waals surface area contributed by atoms with Crippen molar-refractivity contribution in [1.29, 1.82) is 0 Å². The maximum Gasteiger partial charge on any atom is 0.198 e. The molecule has 0 amide bonds. The molecular formula is C6H3BrIN3. The fourth-order valence-corrected chi connectivity index (χ4v) is 1.68. The van der Waals surface area contributed by atoms with E-state index in [1.807, 2.05) is 22.7 Å². The summed E-state index contributed by atoms with van der Waals surface area (Å²) in [5, 5.41) is 7.87. The second-order valence-electron chi connectivity index (χ2n) is 2.04. The minimum absolute atomic E-state index is 0.865. The molecule has 0 bridgehead atoms. The second kappa shape index (κ2) is 2.71. The van der Waals surface area contributed by atoms with Crippen LogP contribution in [0.25, 0.3) is 5.65 Å². The average molecular weight is 324 g/mol. The van der Waals surface area contributed by atoms with E-state index in [1.165, 1.54) is 0 Å². The Hall–Kier alpha value is -0.170. The van der Waals surface area contributed by atoms with Crippen LogP contribution in [-0.4, -0.2) is 14.6 Å². The SMILES string of the molecule is Brc1ccn2c(I)nnc2c1. The molecule has 2 aromatic heterocycles. The Balaban J connectivity index is 2.86. The van der Waals surface area contributed by atoms with Crippen LogP contribution in [0.1, 0.15) is 0 Å². The summed E-state index contributed by atoms with van der Waals surface area (Å²) in [7, 11) is 0. The lowest BCUT2D eigenvalue weighted by Crippen LogP contribution is -1.85. The lowest BCUT2D eigenvalue weighted by atomic mass is 10.5. The van der Waals surface area contributed by atoms with Crippen LogP contribution in [0.15, 0.2) is 22.8 Å². The summed E-state index contributed by atoms with van der Waals surface area (Å²) in [6.07, 6.45) is 1.93. The number of fused-ring (bicyclic) bond motifs is 1. The van der Waals surface area contributed by atoms with E-state index in [-0.39, 0.29) is 0 Å². The molecule has 0 aliphatic heterocycles. The Kier molecular flexibility index (Phi) is 1.84. The van der Waals surface area contributed by atoms with Gasteiger partial charge in [-0.25, -0.2) is 0 Å². The van der Waals surface area contributed by atoms with Crippen molar-refractivity contribution in [3.63, 3.8) is 0 Å². The Bertz CT molecular complexity index is 398. The summed E-state index contributed by atoms with van der Waals surface area (Å²) in [6.45, 7) is 0. The van der Waals surface area contributed by atoms with E-state index in [0.717, 1.165) is 14.0 Å². The van der Waals surface area contributed by atoms with Gasteiger partial charge in [0.2, 0.25) is 0 Å². The minimum atomic E-state index is 0.865. The molecule has 3 nitrogen and oxygen atoms in total. The maximum atomic E-state index is 3.95. The van der Waals surface area contributed by atoms with Crippen molar-refractivity contribution in [2.24, 2.45) is 0 Å². The molecule has 0 saturated carbocycles. The molecular weight excluding hydrogens is 321 g/mol. The standard InChI is InChI=1S/C6H3BrIN3/c7-4-1-2-11-5(3-4)9-10-6(11)8/h1-3H. The number of hydrogen-bond donors (Lipinski definition) is 0. The fraction of sp³-hybridized carbons (Fsp3) is 0. The van der Waals surface area contributed by atoms with Crippen LogP contribution < -0.4 is 0 Å². The van der Waals surface area contributed by atoms with Gasteiger partial charge in [-0.3, -0.25) is 4.40 Å². The Morgan fingerprint density at radius 1 is 1.45 bits per heavy atom. The molecule has 0 saturated heterocycles. The highest BCUT2D eigenvalue weighted by Crippen LogP contribution is 2.12. The van der Waals surface area contributed by atoms with Crippen molar-refractivity contribution in [2.75, 3.05) is 0 Å². The Labute approximate surface area is 85.1 Å². The van der Waals surface area contributed by atoms with Gasteiger partial charge in [0.15, 0.2) is 9.48 Å². The fourth-order valence-electron chi connectivity index (χ4n) is 0.837. The third-order valence-corrected chi connectivity index (χ3v) is 2.56. The first kappa shape index (κ1) is 7.48.